The van der Waals surface area contributed by atoms with Crippen LogP contribution in [0, 0.1) is 5.82 Å². The van der Waals surface area contributed by atoms with E-state index in [-0.39, 0.29) is 5.82 Å². The summed E-state index contributed by atoms with van der Waals surface area (Å²) in [5.74, 6) is -0.167. The molecule has 1 aromatic rings. The van der Waals surface area contributed by atoms with Gasteiger partial charge in [-0.15, -0.1) is 0 Å². The van der Waals surface area contributed by atoms with Gasteiger partial charge in [-0.3, -0.25) is 0 Å². The normalized spacial score (nSPS) is 22.5. The Morgan fingerprint density at radius 1 is 1.27 bits per heavy atom. The van der Waals surface area contributed by atoms with Gasteiger partial charge in [0.25, 0.3) is 0 Å². The zero-order valence-electron chi connectivity index (χ0n) is 9.04. The maximum Gasteiger partial charge on any atom is 0.123 e. The van der Waals surface area contributed by atoms with Crippen molar-refractivity contribution in [2.75, 3.05) is 24.5 Å². The number of benzene rings is 1. The molecule has 1 N–H and O–H groups in total. The lowest BCUT2D eigenvalue weighted by atomic mass is 10.2. The minimum atomic E-state index is -0.167. The van der Waals surface area contributed by atoms with Gasteiger partial charge < -0.3 is 10.2 Å². The molecule has 0 aliphatic carbocycles. The van der Waals surface area contributed by atoms with Crippen LogP contribution < -0.4 is 10.2 Å². The minimum Gasteiger partial charge on any atom is -0.368 e. The third-order valence-corrected chi connectivity index (χ3v) is 2.96. The Bertz CT molecular complexity index is 310. The van der Waals surface area contributed by atoms with Crippen molar-refractivity contribution in [2.24, 2.45) is 0 Å². The number of nitrogens with zero attached hydrogens (tertiary/aromatic N) is 1. The molecule has 15 heavy (non-hydrogen) atoms. The van der Waals surface area contributed by atoms with Crippen molar-refractivity contribution in [3.8, 4) is 0 Å². The van der Waals surface area contributed by atoms with Crippen LogP contribution in [0.15, 0.2) is 24.3 Å². The molecule has 82 valence electrons. The minimum absolute atomic E-state index is 0.167. The predicted octanol–water partition coefficient (Wildman–Crippen LogP) is 2.01. The van der Waals surface area contributed by atoms with E-state index in [1.54, 1.807) is 0 Å². The highest BCUT2D eigenvalue weighted by molar-refractivity contribution is 5.47. The zero-order chi connectivity index (χ0) is 10.7. The van der Waals surface area contributed by atoms with E-state index in [4.69, 9.17) is 0 Å². The van der Waals surface area contributed by atoms with Crippen LogP contribution in [0.4, 0.5) is 10.1 Å². The Kier molecular flexibility index (Phi) is 3.21. The summed E-state index contributed by atoms with van der Waals surface area (Å²) in [7, 11) is 0. The van der Waals surface area contributed by atoms with E-state index in [1.165, 1.54) is 12.1 Å². The van der Waals surface area contributed by atoms with Crippen molar-refractivity contribution >= 4 is 5.69 Å². The average Bonchev–Trinajstić information content (AvgIpc) is 2.44. The maximum atomic E-state index is 12.8. The van der Waals surface area contributed by atoms with Crippen molar-refractivity contribution in [3.63, 3.8) is 0 Å². The molecule has 1 saturated heterocycles. The fourth-order valence-electron chi connectivity index (χ4n) is 2.03. The van der Waals surface area contributed by atoms with E-state index >= 15 is 0 Å². The van der Waals surface area contributed by atoms with Crippen molar-refractivity contribution in [2.45, 2.75) is 19.4 Å². The molecule has 1 fully saturated rings. The summed E-state index contributed by atoms with van der Waals surface area (Å²) in [4.78, 5) is 2.33. The van der Waals surface area contributed by atoms with E-state index in [2.05, 4.69) is 17.1 Å². The molecule has 1 unspecified atom stereocenters. The second-order valence-electron chi connectivity index (χ2n) is 4.06. The smallest absolute Gasteiger partial charge is 0.123 e. The van der Waals surface area contributed by atoms with Crippen LogP contribution in [-0.2, 0) is 0 Å². The van der Waals surface area contributed by atoms with Crippen LogP contribution >= 0.6 is 0 Å². The molecular weight excluding hydrogens is 191 g/mol. The van der Waals surface area contributed by atoms with E-state index in [0.29, 0.717) is 6.04 Å². The number of hydrogen-bond acceptors (Lipinski definition) is 2. The lowest BCUT2D eigenvalue weighted by Crippen LogP contribution is -2.34. The molecular formula is C12H17FN2. The Morgan fingerprint density at radius 3 is 2.73 bits per heavy atom. The summed E-state index contributed by atoms with van der Waals surface area (Å²) in [5.41, 5.74) is 1.12. The first-order chi connectivity index (χ1) is 7.27. The van der Waals surface area contributed by atoms with Crippen LogP contribution in [0.2, 0.25) is 0 Å². The fraction of sp³-hybridized carbons (Fsp3) is 0.500. The van der Waals surface area contributed by atoms with Crippen molar-refractivity contribution in [3.05, 3.63) is 30.1 Å². The number of hydrogen-bond donors (Lipinski definition) is 1. The molecule has 0 amide bonds. The van der Waals surface area contributed by atoms with Gasteiger partial charge in [0.1, 0.15) is 5.82 Å². The average molecular weight is 208 g/mol. The summed E-state index contributed by atoms with van der Waals surface area (Å²) in [6.45, 7) is 5.28. The zero-order valence-corrected chi connectivity index (χ0v) is 9.04. The van der Waals surface area contributed by atoms with Gasteiger partial charge in [-0.25, -0.2) is 4.39 Å². The lowest BCUT2D eigenvalue weighted by molar-refractivity contribution is 0.620. The highest BCUT2D eigenvalue weighted by atomic mass is 19.1. The Labute approximate surface area is 90.1 Å². The van der Waals surface area contributed by atoms with E-state index in [1.807, 2.05) is 12.1 Å². The van der Waals surface area contributed by atoms with Gasteiger partial charge in [-0.2, -0.15) is 0 Å². The number of nitrogens with one attached hydrogen (secondary N) is 1. The van der Waals surface area contributed by atoms with Crippen LogP contribution in [-0.4, -0.2) is 25.7 Å². The maximum absolute atomic E-state index is 12.8. The van der Waals surface area contributed by atoms with Crippen LogP contribution in [0.3, 0.4) is 0 Å². The molecule has 1 heterocycles. The molecule has 0 spiro atoms. The quantitative estimate of drug-likeness (QED) is 0.759. The Hall–Kier alpha value is -1.09. The van der Waals surface area contributed by atoms with Gasteiger partial charge >= 0.3 is 0 Å². The number of rotatable bonds is 1. The standard InChI is InChI=1S/C12H17FN2/c1-10-6-7-14-8-9-15(10)12-4-2-11(13)3-5-12/h2-5,10,14H,6-9H2,1H3. The van der Waals surface area contributed by atoms with E-state index in [0.717, 1.165) is 31.7 Å². The fourth-order valence-corrected chi connectivity index (χ4v) is 2.03. The monoisotopic (exact) mass is 208 g/mol. The van der Waals surface area contributed by atoms with Gasteiger partial charge in [0.2, 0.25) is 0 Å². The molecule has 1 atom stereocenters. The summed E-state index contributed by atoms with van der Waals surface area (Å²) in [6.07, 6.45) is 1.14. The van der Waals surface area contributed by atoms with Crippen LogP contribution in [0.25, 0.3) is 0 Å². The molecule has 0 radical (unpaired) electrons. The second-order valence-corrected chi connectivity index (χ2v) is 4.06. The highest BCUT2D eigenvalue weighted by Crippen LogP contribution is 2.19. The van der Waals surface area contributed by atoms with Crippen LogP contribution in [0.5, 0.6) is 0 Å². The SMILES string of the molecule is CC1CCNCCN1c1ccc(F)cc1. The molecule has 0 bridgehead atoms. The molecule has 2 rings (SSSR count). The second kappa shape index (κ2) is 4.62. The van der Waals surface area contributed by atoms with Crippen molar-refractivity contribution < 1.29 is 4.39 Å². The molecule has 0 saturated carbocycles. The van der Waals surface area contributed by atoms with Gasteiger partial charge in [0.05, 0.1) is 0 Å². The number of halogens is 1. The lowest BCUT2D eigenvalue weighted by Gasteiger charge is -2.29. The summed E-state index contributed by atoms with van der Waals surface area (Å²) >= 11 is 0. The van der Waals surface area contributed by atoms with E-state index < -0.39 is 0 Å². The number of anilines is 1. The molecule has 0 aromatic heterocycles. The highest BCUT2D eigenvalue weighted by Gasteiger charge is 2.16. The molecule has 1 aromatic carbocycles. The van der Waals surface area contributed by atoms with Crippen LogP contribution in [0.1, 0.15) is 13.3 Å². The van der Waals surface area contributed by atoms with Gasteiger partial charge in [-0.1, -0.05) is 0 Å². The topological polar surface area (TPSA) is 15.3 Å². The van der Waals surface area contributed by atoms with Gasteiger partial charge in [-0.05, 0) is 44.2 Å². The van der Waals surface area contributed by atoms with Gasteiger partial charge in [0.15, 0.2) is 0 Å². The summed E-state index contributed by atoms with van der Waals surface area (Å²) in [5, 5.41) is 3.37. The molecule has 1 aliphatic heterocycles. The van der Waals surface area contributed by atoms with Gasteiger partial charge in [0, 0.05) is 24.8 Å². The molecule has 2 nitrogen and oxygen atoms in total. The van der Waals surface area contributed by atoms with Crippen molar-refractivity contribution in [1.82, 2.24) is 5.32 Å². The summed E-state index contributed by atoms with van der Waals surface area (Å²) < 4.78 is 12.8. The molecule has 1 aliphatic rings. The third kappa shape index (κ3) is 2.48. The predicted molar refractivity (Wildman–Crippen MR) is 60.7 cm³/mol. The Morgan fingerprint density at radius 2 is 2.00 bits per heavy atom. The Balaban J connectivity index is 2.16. The summed E-state index contributed by atoms with van der Waals surface area (Å²) in [6, 6.07) is 7.29. The first-order valence-electron chi connectivity index (χ1n) is 5.50. The van der Waals surface area contributed by atoms with E-state index in [9.17, 15) is 4.39 Å². The van der Waals surface area contributed by atoms with Crippen molar-refractivity contribution in [1.29, 1.82) is 0 Å². The first kappa shape index (κ1) is 10.4. The first-order valence-corrected chi connectivity index (χ1v) is 5.50. The molecule has 3 heteroatoms. The third-order valence-electron chi connectivity index (χ3n) is 2.96. The largest absolute Gasteiger partial charge is 0.368 e.